The van der Waals surface area contributed by atoms with Gasteiger partial charge >= 0.3 is 0 Å². The molecule has 0 aromatic carbocycles. The minimum Gasteiger partial charge on any atom is -0.333 e. The van der Waals surface area contributed by atoms with Crippen LogP contribution in [-0.4, -0.2) is 35.4 Å². The predicted octanol–water partition coefficient (Wildman–Crippen LogP) is 0.650. The number of fused-ring (bicyclic) bond motifs is 1. The molecule has 20 heavy (non-hydrogen) atoms. The number of imidazole rings is 1. The summed E-state index contributed by atoms with van der Waals surface area (Å²) in [5, 5.41) is 0. The SMILES string of the molecule is NCCc1ccc(S(=O)(=O)N2CCn3ccnc3C2)s1. The van der Waals surface area contributed by atoms with E-state index in [1.165, 1.54) is 15.6 Å². The first-order valence-electron chi connectivity index (χ1n) is 6.40. The number of aromatic nitrogens is 2. The van der Waals surface area contributed by atoms with Gasteiger partial charge in [-0.05, 0) is 25.1 Å². The summed E-state index contributed by atoms with van der Waals surface area (Å²) < 4.78 is 29.1. The summed E-state index contributed by atoms with van der Waals surface area (Å²) in [5.74, 6) is 0.790. The van der Waals surface area contributed by atoms with Gasteiger partial charge in [-0.25, -0.2) is 13.4 Å². The fraction of sp³-hybridized carbons (Fsp3) is 0.417. The van der Waals surface area contributed by atoms with Crippen LogP contribution in [0.3, 0.4) is 0 Å². The molecule has 1 aliphatic heterocycles. The first-order chi connectivity index (χ1) is 9.61. The average molecular weight is 312 g/mol. The van der Waals surface area contributed by atoms with Gasteiger partial charge in [0.05, 0.1) is 6.54 Å². The molecule has 0 atom stereocenters. The molecule has 0 spiro atoms. The maximum absolute atomic E-state index is 12.6. The number of nitrogens with two attached hydrogens (primary N) is 1. The van der Waals surface area contributed by atoms with E-state index in [9.17, 15) is 8.42 Å². The Morgan fingerprint density at radius 1 is 1.35 bits per heavy atom. The van der Waals surface area contributed by atoms with Crippen molar-refractivity contribution in [2.45, 2.75) is 23.7 Å². The summed E-state index contributed by atoms with van der Waals surface area (Å²) in [6, 6.07) is 3.52. The molecular formula is C12H16N4O2S2. The molecule has 1 aliphatic rings. The molecule has 0 aliphatic carbocycles. The molecule has 0 amide bonds. The van der Waals surface area contributed by atoms with E-state index in [4.69, 9.17) is 5.73 Å². The van der Waals surface area contributed by atoms with Crippen molar-refractivity contribution in [3.05, 3.63) is 35.2 Å². The van der Waals surface area contributed by atoms with E-state index in [-0.39, 0.29) is 0 Å². The fourth-order valence-corrected chi connectivity index (χ4v) is 5.17. The molecule has 0 saturated heterocycles. The highest BCUT2D eigenvalue weighted by atomic mass is 32.2. The van der Waals surface area contributed by atoms with Gasteiger partial charge in [0.25, 0.3) is 10.0 Å². The van der Waals surface area contributed by atoms with E-state index < -0.39 is 10.0 Å². The van der Waals surface area contributed by atoms with Gasteiger partial charge in [-0.3, -0.25) is 0 Å². The monoisotopic (exact) mass is 312 g/mol. The van der Waals surface area contributed by atoms with Crippen molar-refractivity contribution in [1.29, 1.82) is 0 Å². The molecule has 2 aromatic heterocycles. The van der Waals surface area contributed by atoms with Crippen molar-refractivity contribution < 1.29 is 8.42 Å². The van der Waals surface area contributed by atoms with Crippen LogP contribution in [0.2, 0.25) is 0 Å². The van der Waals surface area contributed by atoms with Gasteiger partial charge in [-0.15, -0.1) is 11.3 Å². The second kappa shape index (κ2) is 5.28. The van der Waals surface area contributed by atoms with Crippen LogP contribution in [0.1, 0.15) is 10.7 Å². The highest BCUT2D eigenvalue weighted by Gasteiger charge is 2.29. The number of nitrogens with zero attached hydrogens (tertiary/aromatic N) is 3. The van der Waals surface area contributed by atoms with Crippen molar-refractivity contribution in [3.63, 3.8) is 0 Å². The molecule has 6 nitrogen and oxygen atoms in total. The Morgan fingerprint density at radius 3 is 3.00 bits per heavy atom. The molecule has 108 valence electrons. The summed E-state index contributed by atoms with van der Waals surface area (Å²) in [7, 11) is -3.42. The molecule has 0 radical (unpaired) electrons. The number of rotatable bonds is 4. The Hall–Kier alpha value is -1.22. The van der Waals surface area contributed by atoms with E-state index in [2.05, 4.69) is 4.98 Å². The zero-order valence-corrected chi connectivity index (χ0v) is 12.5. The number of sulfonamides is 1. The first-order valence-corrected chi connectivity index (χ1v) is 8.66. The van der Waals surface area contributed by atoms with Gasteiger partial charge in [-0.2, -0.15) is 4.31 Å². The lowest BCUT2D eigenvalue weighted by Gasteiger charge is -2.26. The Labute approximate surface area is 121 Å². The normalized spacial score (nSPS) is 16.2. The molecule has 2 aromatic rings. The summed E-state index contributed by atoms with van der Waals surface area (Å²) in [4.78, 5) is 5.20. The predicted molar refractivity (Wildman–Crippen MR) is 76.9 cm³/mol. The number of hydrogen-bond donors (Lipinski definition) is 1. The second-order valence-corrected chi connectivity index (χ2v) is 7.97. The standard InChI is InChI=1S/C12H16N4O2S2/c13-4-3-10-1-2-12(19-10)20(17,18)16-8-7-15-6-5-14-11(15)9-16/h1-2,5-6H,3-4,7-9,13H2. The van der Waals surface area contributed by atoms with Crippen molar-refractivity contribution in [1.82, 2.24) is 13.9 Å². The van der Waals surface area contributed by atoms with Crippen molar-refractivity contribution in [2.24, 2.45) is 5.73 Å². The van der Waals surface area contributed by atoms with E-state index in [0.717, 1.165) is 10.7 Å². The van der Waals surface area contributed by atoms with Crippen LogP contribution >= 0.6 is 11.3 Å². The third-order valence-electron chi connectivity index (χ3n) is 3.33. The maximum atomic E-state index is 12.6. The smallest absolute Gasteiger partial charge is 0.253 e. The number of thiophene rings is 1. The fourth-order valence-electron chi connectivity index (χ4n) is 2.26. The second-order valence-electron chi connectivity index (χ2n) is 4.63. The van der Waals surface area contributed by atoms with E-state index in [1.54, 1.807) is 12.3 Å². The molecule has 0 saturated carbocycles. The van der Waals surface area contributed by atoms with Gasteiger partial charge in [0.15, 0.2) is 0 Å². The third-order valence-corrected chi connectivity index (χ3v) is 6.79. The van der Waals surface area contributed by atoms with Gasteiger partial charge in [0.2, 0.25) is 0 Å². The first kappa shape index (κ1) is 13.7. The zero-order chi connectivity index (χ0) is 14.2. The van der Waals surface area contributed by atoms with Crippen LogP contribution in [-0.2, 0) is 29.5 Å². The average Bonchev–Trinajstić information content (AvgIpc) is 3.06. The molecule has 3 rings (SSSR count). The minimum absolute atomic E-state index is 0.333. The van der Waals surface area contributed by atoms with Crippen LogP contribution < -0.4 is 5.73 Å². The van der Waals surface area contributed by atoms with Crippen LogP contribution in [0.4, 0.5) is 0 Å². The van der Waals surface area contributed by atoms with Gasteiger partial charge in [0, 0.05) is 30.4 Å². The van der Waals surface area contributed by atoms with E-state index in [1.807, 2.05) is 16.8 Å². The highest BCUT2D eigenvalue weighted by molar-refractivity contribution is 7.91. The third kappa shape index (κ3) is 2.39. The zero-order valence-electron chi connectivity index (χ0n) is 10.9. The van der Waals surface area contributed by atoms with E-state index >= 15 is 0 Å². The van der Waals surface area contributed by atoms with Crippen LogP contribution in [0, 0.1) is 0 Å². The van der Waals surface area contributed by atoms with Gasteiger partial charge in [-0.1, -0.05) is 0 Å². The molecule has 0 unspecified atom stereocenters. The summed E-state index contributed by atoms with van der Waals surface area (Å²) >= 11 is 1.30. The lowest BCUT2D eigenvalue weighted by molar-refractivity contribution is 0.336. The van der Waals surface area contributed by atoms with Crippen LogP contribution in [0.15, 0.2) is 28.7 Å². The van der Waals surface area contributed by atoms with Crippen LogP contribution in [0.5, 0.6) is 0 Å². The van der Waals surface area contributed by atoms with Crippen molar-refractivity contribution >= 4 is 21.4 Å². The lowest BCUT2D eigenvalue weighted by atomic mass is 10.3. The summed E-state index contributed by atoms with van der Waals surface area (Å²) in [6.45, 7) is 1.99. The number of hydrogen-bond acceptors (Lipinski definition) is 5. The summed E-state index contributed by atoms with van der Waals surface area (Å²) in [5.41, 5.74) is 5.50. The molecular weight excluding hydrogens is 296 g/mol. The summed E-state index contributed by atoms with van der Waals surface area (Å²) in [6.07, 6.45) is 4.30. The minimum atomic E-state index is -3.42. The lowest BCUT2D eigenvalue weighted by Crippen LogP contribution is -2.37. The Kier molecular flexibility index (Phi) is 3.63. The van der Waals surface area contributed by atoms with Crippen molar-refractivity contribution in [3.8, 4) is 0 Å². The molecule has 0 bridgehead atoms. The molecule has 2 N–H and O–H groups in total. The highest BCUT2D eigenvalue weighted by Crippen LogP contribution is 2.27. The van der Waals surface area contributed by atoms with Gasteiger partial charge in [0.1, 0.15) is 10.0 Å². The largest absolute Gasteiger partial charge is 0.333 e. The van der Waals surface area contributed by atoms with Crippen molar-refractivity contribution in [2.75, 3.05) is 13.1 Å². The van der Waals surface area contributed by atoms with Gasteiger partial charge < -0.3 is 10.3 Å². The topological polar surface area (TPSA) is 81.2 Å². The quantitative estimate of drug-likeness (QED) is 0.899. The maximum Gasteiger partial charge on any atom is 0.253 e. The molecule has 3 heterocycles. The van der Waals surface area contributed by atoms with Crippen LogP contribution in [0.25, 0.3) is 0 Å². The van der Waals surface area contributed by atoms with E-state index in [0.29, 0.717) is 36.8 Å². The molecule has 0 fully saturated rings. The Bertz CT molecular complexity index is 705. The Balaban J connectivity index is 1.85. The molecule has 8 heteroatoms. The Morgan fingerprint density at radius 2 is 2.20 bits per heavy atom.